The van der Waals surface area contributed by atoms with Crippen LogP contribution in [0.3, 0.4) is 0 Å². The van der Waals surface area contributed by atoms with Gasteiger partial charge in [0.2, 0.25) is 0 Å². The Bertz CT molecular complexity index is 664. The number of rotatable bonds is 1. The number of hydrogen-bond acceptors (Lipinski definition) is 2. The van der Waals surface area contributed by atoms with Crippen LogP contribution in [0.5, 0.6) is 0 Å². The highest BCUT2D eigenvalue weighted by molar-refractivity contribution is 6.28. The normalized spacial score (nSPS) is 19.6. The summed E-state index contributed by atoms with van der Waals surface area (Å²) in [4.78, 5) is 12.5. The maximum atomic E-state index is 12.5. The second-order valence-corrected chi connectivity index (χ2v) is 5.14. The standard InChI is InChI=1S/C18H17NO.ClH/c19-17-11-10-14-8-4-5-9-15(14)16(18(17)20)12-13-6-2-1-3-7-13;/h1-9,12,17H,10-11,19H2;1H/b16-12-;/t17-;/m0./s1. The predicted molar refractivity (Wildman–Crippen MR) is 89.3 cm³/mol. The number of benzene rings is 2. The van der Waals surface area contributed by atoms with E-state index in [0.29, 0.717) is 6.42 Å². The number of halogens is 1. The molecule has 0 aliphatic heterocycles. The summed E-state index contributed by atoms with van der Waals surface area (Å²) in [5.41, 5.74) is 10.00. The van der Waals surface area contributed by atoms with Crippen molar-refractivity contribution in [2.75, 3.05) is 0 Å². The van der Waals surface area contributed by atoms with Gasteiger partial charge < -0.3 is 5.73 Å². The van der Waals surface area contributed by atoms with E-state index in [9.17, 15) is 4.79 Å². The number of carbonyl (C=O) groups is 1. The highest BCUT2D eigenvalue weighted by atomic mass is 35.5. The van der Waals surface area contributed by atoms with Gasteiger partial charge in [0.15, 0.2) is 5.78 Å². The maximum Gasteiger partial charge on any atom is 0.180 e. The van der Waals surface area contributed by atoms with Gasteiger partial charge in [0.05, 0.1) is 6.04 Å². The third-order valence-corrected chi connectivity index (χ3v) is 3.75. The number of Topliss-reactive ketones (excluding diaryl/α,β-unsaturated/α-hetero) is 1. The molecule has 3 rings (SSSR count). The fourth-order valence-corrected chi connectivity index (χ4v) is 2.64. The number of ketones is 1. The molecule has 2 nitrogen and oxygen atoms in total. The van der Waals surface area contributed by atoms with Gasteiger partial charge in [-0.3, -0.25) is 4.79 Å². The van der Waals surface area contributed by atoms with Crippen LogP contribution < -0.4 is 5.73 Å². The Kier molecular flexibility index (Phi) is 4.94. The van der Waals surface area contributed by atoms with Crippen LogP contribution in [0.2, 0.25) is 0 Å². The first-order valence-corrected chi connectivity index (χ1v) is 6.90. The molecular weight excluding hydrogens is 282 g/mol. The van der Waals surface area contributed by atoms with E-state index in [2.05, 4.69) is 6.07 Å². The minimum atomic E-state index is -0.405. The molecule has 2 N–H and O–H groups in total. The maximum absolute atomic E-state index is 12.5. The number of carbonyl (C=O) groups excluding carboxylic acids is 1. The molecule has 1 aliphatic rings. The number of nitrogens with two attached hydrogens (primary N) is 1. The average molecular weight is 300 g/mol. The molecule has 0 heterocycles. The van der Waals surface area contributed by atoms with Gasteiger partial charge in [-0.05, 0) is 35.6 Å². The Labute approximate surface area is 131 Å². The number of aryl methyl sites for hydroxylation is 1. The smallest absolute Gasteiger partial charge is 0.180 e. The van der Waals surface area contributed by atoms with Crippen molar-refractivity contribution in [2.24, 2.45) is 5.73 Å². The molecule has 1 aliphatic carbocycles. The topological polar surface area (TPSA) is 43.1 Å². The van der Waals surface area contributed by atoms with Crippen molar-refractivity contribution in [3.8, 4) is 0 Å². The molecule has 2 aromatic carbocycles. The lowest BCUT2D eigenvalue weighted by Crippen LogP contribution is -2.30. The fourth-order valence-electron chi connectivity index (χ4n) is 2.64. The molecular formula is C18H18ClNO. The summed E-state index contributed by atoms with van der Waals surface area (Å²) in [7, 11) is 0. The summed E-state index contributed by atoms with van der Waals surface area (Å²) < 4.78 is 0. The third kappa shape index (κ3) is 3.23. The molecule has 0 bridgehead atoms. The van der Waals surface area contributed by atoms with E-state index in [-0.39, 0.29) is 18.2 Å². The molecule has 0 saturated carbocycles. The van der Waals surface area contributed by atoms with Crippen LogP contribution in [0.25, 0.3) is 11.6 Å². The molecule has 0 fully saturated rings. The van der Waals surface area contributed by atoms with Crippen LogP contribution in [0.15, 0.2) is 54.6 Å². The lowest BCUT2D eigenvalue weighted by molar-refractivity contribution is -0.114. The van der Waals surface area contributed by atoms with Crippen LogP contribution in [0, 0.1) is 0 Å². The largest absolute Gasteiger partial charge is 0.321 e. The monoisotopic (exact) mass is 299 g/mol. The SMILES string of the molecule is Cl.N[C@H]1CCc2ccccc2/C(=C/c2ccccc2)C1=O. The van der Waals surface area contributed by atoms with Crippen LogP contribution in [-0.2, 0) is 11.2 Å². The van der Waals surface area contributed by atoms with E-state index in [4.69, 9.17) is 5.73 Å². The van der Waals surface area contributed by atoms with E-state index in [1.165, 1.54) is 5.56 Å². The van der Waals surface area contributed by atoms with Gasteiger partial charge in [0.25, 0.3) is 0 Å². The number of fused-ring (bicyclic) bond motifs is 1. The lowest BCUT2D eigenvalue weighted by Gasteiger charge is -2.10. The van der Waals surface area contributed by atoms with Crippen molar-refractivity contribution in [1.29, 1.82) is 0 Å². The van der Waals surface area contributed by atoms with E-state index < -0.39 is 6.04 Å². The molecule has 21 heavy (non-hydrogen) atoms. The molecule has 0 saturated heterocycles. The van der Waals surface area contributed by atoms with E-state index in [1.54, 1.807) is 0 Å². The summed E-state index contributed by atoms with van der Waals surface area (Å²) >= 11 is 0. The predicted octanol–water partition coefficient (Wildman–Crippen LogP) is 3.49. The molecule has 1 atom stereocenters. The summed E-state index contributed by atoms with van der Waals surface area (Å²) in [6.45, 7) is 0. The van der Waals surface area contributed by atoms with Gasteiger partial charge >= 0.3 is 0 Å². The zero-order chi connectivity index (χ0) is 13.9. The molecule has 3 heteroatoms. The second-order valence-electron chi connectivity index (χ2n) is 5.14. The van der Waals surface area contributed by atoms with Crippen LogP contribution >= 0.6 is 12.4 Å². The fraction of sp³-hybridized carbons (Fsp3) is 0.167. The minimum absolute atomic E-state index is 0. The Morgan fingerprint density at radius 1 is 1.00 bits per heavy atom. The molecule has 0 unspecified atom stereocenters. The molecule has 0 aromatic heterocycles. The molecule has 0 radical (unpaired) electrons. The molecule has 2 aromatic rings. The Morgan fingerprint density at radius 2 is 1.67 bits per heavy atom. The van der Waals surface area contributed by atoms with Gasteiger partial charge in [-0.1, -0.05) is 54.6 Å². The molecule has 0 spiro atoms. The van der Waals surface area contributed by atoms with Gasteiger partial charge in [-0.2, -0.15) is 0 Å². The first-order chi connectivity index (χ1) is 9.75. The first-order valence-electron chi connectivity index (χ1n) is 6.90. The van der Waals surface area contributed by atoms with Crippen LogP contribution in [0.1, 0.15) is 23.1 Å². The Hall–Kier alpha value is -1.90. The van der Waals surface area contributed by atoms with Crippen molar-refractivity contribution in [1.82, 2.24) is 0 Å². The zero-order valence-corrected chi connectivity index (χ0v) is 12.5. The zero-order valence-electron chi connectivity index (χ0n) is 11.7. The van der Waals surface area contributed by atoms with Crippen LogP contribution in [-0.4, -0.2) is 11.8 Å². The van der Waals surface area contributed by atoms with Gasteiger partial charge in [-0.25, -0.2) is 0 Å². The van der Waals surface area contributed by atoms with Gasteiger partial charge in [0, 0.05) is 5.57 Å². The van der Waals surface area contributed by atoms with E-state index >= 15 is 0 Å². The van der Waals surface area contributed by atoms with E-state index in [1.807, 2.05) is 54.6 Å². The van der Waals surface area contributed by atoms with Crippen molar-refractivity contribution >= 4 is 29.8 Å². The average Bonchev–Trinajstić information content (AvgIpc) is 2.61. The first kappa shape index (κ1) is 15.5. The summed E-state index contributed by atoms with van der Waals surface area (Å²) in [5, 5.41) is 0. The van der Waals surface area contributed by atoms with Gasteiger partial charge in [-0.15, -0.1) is 12.4 Å². The summed E-state index contributed by atoms with van der Waals surface area (Å²) in [6, 6.07) is 17.6. The quantitative estimate of drug-likeness (QED) is 0.647. The van der Waals surface area contributed by atoms with Crippen LogP contribution in [0.4, 0.5) is 0 Å². The third-order valence-electron chi connectivity index (χ3n) is 3.75. The highest BCUT2D eigenvalue weighted by Gasteiger charge is 2.25. The van der Waals surface area contributed by atoms with Gasteiger partial charge in [0.1, 0.15) is 0 Å². The van der Waals surface area contributed by atoms with Crippen molar-refractivity contribution < 1.29 is 4.79 Å². The molecule has 108 valence electrons. The minimum Gasteiger partial charge on any atom is -0.321 e. The van der Waals surface area contributed by atoms with Crippen molar-refractivity contribution in [3.63, 3.8) is 0 Å². The summed E-state index contributed by atoms with van der Waals surface area (Å²) in [5.74, 6) is 0.0406. The Morgan fingerprint density at radius 3 is 2.43 bits per heavy atom. The second kappa shape index (κ2) is 6.70. The highest BCUT2D eigenvalue weighted by Crippen LogP contribution is 2.28. The van der Waals surface area contributed by atoms with E-state index in [0.717, 1.165) is 23.1 Å². The number of hydrogen-bond donors (Lipinski definition) is 1. The lowest BCUT2D eigenvalue weighted by atomic mass is 9.95. The molecule has 0 amide bonds. The van der Waals surface area contributed by atoms with Crippen molar-refractivity contribution in [2.45, 2.75) is 18.9 Å². The Balaban J connectivity index is 0.00000161. The summed E-state index contributed by atoms with van der Waals surface area (Å²) in [6.07, 6.45) is 3.52. The van der Waals surface area contributed by atoms with Crippen molar-refractivity contribution in [3.05, 3.63) is 71.3 Å².